The van der Waals surface area contributed by atoms with E-state index in [0.29, 0.717) is 28.9 Å². The molecule has 0 aliphatic rings. The minimum absolute atomic E-state index is 0.0150. The van der Waals surface area contributed by atoms with Crippen molar-refractivity contribution in [2.75, 3.05) is 11.9 Å². The van der Waals surface area contributed by atoms with Crippen molar-refractivity contribution in [3.8, 4) is 5.69 Å². The number of nitrogens with one attached hydrogen (secondary N) is 2. The fraction of sp³-hybridized carbons (Fsp3) is 0.261. The van der Waals surface area contributed by atoms with E-state index < -0.39 is 24.5 Å². The first-order valence-corrected chi connectivity index (χ1v) is 10.00. The minimum Gasteiger partial charge on any atom is -0.343 e. The fourth-order valence-corrected chi connectivity index (χ4v) is 3.18. The Morgan fingerprint density at radius 1 is 1.03 bits per heavy atom. The van der Waals surface area contributed by atoms with Crippen LogP contribution in [0.4, 0.5) is 18.9 Å². The van der Waals surface area contributed by atoms with E-state index in [9.17, 15) is 22.8 Å². The van der Waals surface area contributed by atoms with Crippen molar-refractivity contribution in [1.82, 2.24) is 15.1 Å². The van der Waals surface area contributed by atoms with Gasteiger partial charge in [0.1, 0.15) is 6.54 Å². The van der Waals surface area contributed by atoms with Crippen LogP contribution in [0.15, 0.2) is 48.7 Å². The summed E-state index contributed by atoms with van der Waals surface area (Å²) in [6.45, 7) is 4.19. The largest absolute Gasteiger partial charge is 0.405 e. The maximum atomic E-state index is 13.0. The monoisotopic (exact) mass is 444 g/mol. The highest BCUT2D eigenvalue weighted by Gasteiger charge is 2.28. The molecule has 0 radical (unpaired) electrons. The minimum atomic E-state index is -4.51. The maximum absolute atomic E-state index is 13.0. The molecule has 0 unspecified atom stereocenters. The van der Waals surface area contributed by atoms with E-state index in [1.54, 1.807) is 17.7 Å². The molecule has 3 rings (SSSR count). The zero-order chi connectivity index (χ0) is 23.5. The number of benzene rings is 2. The molecule has 2 aromatic carbocycles. The summed E-state index contributed by atoms with van der Waals surface area (Å²) in [4.78, 5) is 25.0. The smallest absolute Gasteiger partial charge is 0.343 e. The predicted octanol–water partition coefficient (Wildman–Crippen LogP) is 4.60. The Kier molecular flexibility index (Phi) is 6.67. The summed E-state index contributed by atoms with van der Waals surface area (Å²) in [5.74, 6) is -1.30. The van der Waals surface area contributed by atoms with Gasteiger partial charge in [0.15, 0.2) is 0 Å². The lowest BCUT2D eigenvalue weighted by Crippen LogP contribution is -2.33. The molecule has 0 spiro atoms. The summed E-state index contributed by atoms with van der Waals surface area (Å²) in [5.41, 5.74) is 4.02. The highest BCUT2D eigenvalue weighted by Crippen LogP contribution is 2.21. The standard InChI is InChI=1S/C23H23F3N4O2/c1-4-20-18(12-28-30(20)17-9-5-14(2)6-10-17)22(32)29-19-11-16(8-7-15(19)3)21(31)27-13-23(24,25)26/h5-12H,4,13H2,1-3H3,(H,27,31)(H,29,32). The van der Waals surface area contributed by atoms with E-state index in [0.717, 1.165) is 11.3 Å². The third kappa shape index (κ3) is 5.35. The molecular weight excluding hydrogens is 421 g/mol. The number of halogens is 3. The molecule has 32 heavy (non-hydrogen) atoms. The molecule has 0 atom stereocenters. The quantitative estimate of drug-likeness (QED) is 0.584. The summed E-state index contributed by atoms with van der Waals surface area (Å²) in [5, 5.41) is 8.92. The summed E-state index contributed by atoms with van der Waals surface area (Å²) in [7, 11) is 0. The molecule has 0 saturated carbocycles. The van der Waals surface area contributed by atoms with Gasteiger partial charge in [0, 0.05) is 11.3 Å². The average molecular weight is 444 g/mol. The Morgan fingerprint density at radius 3 is 2.34 bits per heavy atom. The van der Waals surface area contributed by atoms with Gasteiger partial charge < -0.3 is 10.6 Å². The summed E-state index contributed by atoms with van der Waals surface area (Å²) in [6, 6.07) is 12.1. The van der Waals surface area contributed by atoms with E-state index in [-0.39, 0.29) is 5.56 Å². The number of hydrogen-bond donors (Lipinski definition) is 2. The number of amides is 2. The van der Waals surface area contributed by atoms with Crippen LogP contribution in [0.3, 0.4) is 0 Å². The molecule has 0 aliphatic carbocycles. The van der Waals surface area contributed by atoms with Gasteiger partial charge in [-0.25, -0.2) is 4.68 Å². The zero-order valence-electron chi connectivity index (χ0n) is 17.9. The van der Waals surface area contributed by atoms with Crippen molar-refractivity contribution < 1.29 is 22.8 Å². The number of alkyl halides is 3. The van der Waals surface area contributed by atoms with E-state index in [2.05, 4.69) is 10.4 Å². The SMILES string of the molecule is CCc1c(C(=O)Nc2cc(C(=O)NCC(F)(F)F)ccc2C)cnn1-c1ccc(C)cc1. The van der Waals surface area contributed by atoms with Crippen LogP contribution in [-0.4, -0.2) is 34.3 Å². The van der Waals surface area contributed by atoms with E-state index in [1.165, 1.54) is 18.3 Å². The first-order valence-electron chi connectivity index (χ1n) is 10.00. The Hall–Kier alpha value is -3.62. The van der Waals surface area contributed by atoms with Gasteiger partial charge in [-0.15, -0.1) is 0 Å². The van der Waals surface area contributed by atoms with Gasteiger partial charge >= 0.3 is 6.18 Å². The molecule has 1 heterocycles. The van der Waals surface area contributed by atoms with E-state index in [1.807, 2.05) is 43.4 Å². The average Bonchev–Trinajstić information content (AvgIpc) is 3.17. The Labute approximate surface area is 183 Å². The van der Waals surface area contributed by atoms with Gasteiger partial charge in [0.2, 0.25) is 0 Å². The first-order chi connectivity index (χ1) is 15.1. The molecule has 0 saturated heterocycles. The van der Waals surface area contributed by atoms with Crippen molar-refractivity contribution in [3.05, 3.63) is 76.6 Å². The second-order valence-corrected chi connectivity index (χ2v) is 7.39. The maximum Gasteiger partial charge on any atom is 0.405 e. The molecule has 2 amide bonds. The number of anilines is 1. The number of hydrogen-bond acceptors (Lipinski definition) is 3. The van der Waals surface area contributed by atoms with Crippen molar-refractivity contribution >= 4 is 17.5 Å². The highest BCUT2D eigenvalue weighted by atomic mass is 19.4. The molecule has 3 aromatic rings. The molecule has 168 valence electrons. The Bertz CT molecular complexity index is 1140. The van der Waals surface area contributed by atoms with Crippen molar-refractivity contribution in [2.24, 2.45) is 0 Å². The third-order valence-electron chi connectivity index (χ3n) is 4.92. The van der Waals surface area contributed by atoms with Crippen LogP contribution in [0.5, 0.6) is 0 Å². The van der Waals surface area contributed by atoms with Crippen LogP contribution in [0.1, 0.15) is 44.5 Å². The molecule has 0 fully saturated rings. The number of carbonyl (C=O) groups is 2. The third-order valence-corrected chi connectivity index (χ3v) is 4.92. The molecule has 1 aromatic heterocycles. The van der Waals surface area contributed by atoms with Crippen LogP contribution in [0, 0.1) is 13.8 Å². The molecular formula is C23H23F3N4O2. The van der Waals surface area contributed by atoms with Crippen LogP contribution >= 0.6 is 0 Å². The van der Waals surface area contributed by atoms with Gasteiger partial charge in [0.05, 0.1) is 23.1 Å². The van der Waals surface area contributed by atoms with Crippen LogP contribution in [0.2, 0.25) is 0 Å². The summed E-state index contributed by atoms with van der Waals surface area (Å²) in [6.07, 6.45) is -2.48. The highest BCUT2D eigenvalue weighted by molar-refractivity contribution is 6.06. The molecule has 6 nitrogen and oxygen atoms in total. The lowest BCUT2D eigenvalue weighted by atomic mass is 10.1. The Morgan fingerprint density at radius 2 is 1.72 bits per heavy atom. The van der Waals surface area contributed by atoms with Gasteiger partial charge in [-0.05, 0) is 50.1 Å². The number of nitrogens with zero attached hydrogens (tertiary/aromatic N) is 2. The summed E-state index contributed by atoms with van der Waals surface area (Å²) >= 11 is 0. The van der Waals surface area contributed by atoms with E-state index >= 15 is 0 Å². The predicted molar refractivity (Wildman–Crippen MR) is 115 cm³/mol. The van der Waals surface area contributed by atoms with Crippen LogP contribution in [-0.2, 0) is 6.42 Å². The molecule has 0 bridgehead atoms. The lowest BCUT2D eigenvalue weighted by molar-refractivity contribution is -0.123. The first kappa shape index (κ1) is 23.1. The topological polar surface area (TPSA) is 76.0 Å². The van der Waals surface area contributed by atoms with E-state index in [4.69, 9.17) is 0 Å². The fourth-order valence-electron chi connectivity index (χ4n) is 3.18. The number of aromatic nitrogens is 2. The number of rotatable bonds is 6. The van der Waals surface area contributed by atoms with Crippen molar-refractivity contribution in [3.63, 3.8) is 0 Å². The van der Waals surface area contributed by atoms with Crippen LogP contribution < -0.4 is 10.6 Å². The second-order valence-electron chi connectivity index (χ2n) is 7.39. The molecule has 0 aliphatic heterocycles. The molecule has 2 N–H and O–H groups in total. The van der Waals surface area contributed by atoms with Gasteiger partial charge in [0.25, 0.3) is 11.8 Å². The normalized spacial score (nSPS) is 11.3. The van der Waals surface area contributed by atoms with Gasteiger partial charge in [-0.2, -0.15) is 18.3 Å². The second kappa shape index (κ2) is 9.25. The number of aryl methyl sites for hydroxylation is 2. The zero-order valence-corrected chi connectivity index (χ0v) is 17.9. The summed E-state index contributed by atoms with van der Waals surface area (Å²) < 4.78 is 38.8. The lowest BCUT2D eigenvalue weighted by Gasteiger charge is -2.12. The number of carbonyl (C=O) groups excluding carboxylic acids is 2. The molecule has 9 heteroatoms. The van der Waals surface area contributed by atoms with Gasteiger partial charge in [-0.1, -0.05) is 30.7 Å². The van der Waals surface area contributed by atoms with Crippen LogP contribution in [0.25, 0.3) is 5.69 Å². The van der Waals surface area contributed by atoms with Crippen molar-refractivity contribution in [2.45, 2.75) is 33.4 Å². The van der Waals surface area contributed by atoms with Crippen molar-refractivity contribution in [1.29, 1.82) is 0 Å². The Balaban J connectivity index is 1.83. The van der Waals surface area contributed by atoms with Gasteiger partial charge in [-0.3, -0.25) is 9.59 Å².